The quantitative estimate of drug-likeness (QED) is 0.267. The van der Waals surface area contributed by atoms with Crippen LogP contribution in [-0.4, -0.2) is 51.2 Å². The van der Waals surface area contributed by atoms with Gasteiger partial charge in [0.15, 0.2) is 0 Å². The third kappa shape index (κ3) is 9.54. The lowest BCUT2D eigenvalue weighted by Gasteiger charge is -2.22. The summed E-state index contributed by atoms with van der Waals surface area (Å²) in [5, 5.41) is 35.6. The Morgan fingerprint density at radius 3 is 2.14 bits per heavy atom. The number of hydrogen-bond donors (Lipinski definition) is 2. The predicted molar refractivity (Wildman–Crippen MR) is 105 cm³/mol. The normalized spacial score (nSPS) is 11.2. The molecule has 0 unspecified atom stereocenters. The lowest BCUT2D eigenvalue weighted by molar-refractivity contribution is -0.658. The average Bonchev–Trinajstić information content (AvgIpc) is 2.69. The van der Waals surface area contributed by atoms with Crippen LogP contribution in [0.25, 0.3) is 0 Å². The summed E-state index contributed by atoms with van der Waals surface area (Å²) >= 11 is 0. The number of azo groups is 1. The summed E-state index contributed by atoms with van der Waals surface area (Å²) in [7, 11) is -1.79. The highest BCUT2D eigenvalue weighted by Crippen LogP contribution is 2.21. The van der Waals surface area contributed by atoms with Crippen molar-refractivity contribution in [3.05, 3.63) is 48.2 Å². The van der Waals surface area contributed by atoms with E-state index in [-0.39, 0.29) is 13.2 Å². The molecule has 160 valence electrons. The number of benzene rings is 1. The number of nitrogens with zero attached hydrogens (tertiary/aromatic N) is 4. The van der Waals surface area contributed by atoms with Gasteiger partial charge >= 0.3 is 5.82 Å². The van der Waals surface area contributed by atoms with Gasteiger partial charge in [-0.05, 0) is 47.9 Å². The molecule has 2 aromatic rings. The maximum absolute atomic E-state index is 9.47. The van der Waals surface area contributed by atoms with Crippen molar-refractivity contribution < 1.29 is 32.8 Å². The van der Waals surface area contributed by atoms with Crippen LogP contribution in [0.5, 0.6) is 0 Å². The molecule has 0 saturated carbocycles. The zero-order valence-electron chi connectivity index (χ0n) is 16.6. The van der Waals surface area contributed by atoms with E-state index >= 15 is 0 Å². The summed E-state index contributed by atoms with van der Waals surface area (Å²) in [6.45, 7) is 3.09. The van der Waals surface area contributed by atoms with Crippen LogP contribution in [-0.2, 0) is 21.5 Å². The minimum Gasteiger partial charge on any atom is -0.707 e. The number of aromatic nitrogens is 1. The van der Waals surface area contributed by atoms with Crippen LogP contribution in [0.1, 0.15) is 5.56 Å². The lowest BCUT2D eigenvalue weighted by atomic mass is 10.2. The van der Waals surface area contributed by atoms with Crippen LogP contribution in [0.3, 0.4) is 0 Å². The Morgan fingerprint density at radius 1 is 1.10 bits per heavy atom. The first-order chi connectivity index (χ1) is 13.7. The number of anilines is 1. The van der Waals surface area contributed by atoms with Gasteiger partial charge in [-0.15, -0.1) is 0 Å². The Hall–Kier alpha value is -2.44. The van der Waals surface area contributed by atoms with Crippen molar-refractivity contribution in [2.45, 2.75) is 6.92 Å². The Labute approximate surface area is 170 Å². The number of aliphatic hydroxyl groups is 2. The predicted octanol–water partition coefficient (Wildman–Crippen LogP) is 0.264. The molecule has 1 heterocycles. The van der Waals surface area contributed by atoms with Gasteiger partial charge < -0.3 is 24.7 Å². The molecule has 1 aromatic carbocycles. The van der Waals surface area contributed by atoms with E-state index < -0.39 is 10.1 Å². The van der Waals surface area contributed by atoms with E-state index in [1.54, 1.807) is 0 Å². The van der Waals surface area contributed by atoms with Gasteiger partial charge in [0.1, 0.15) is 5.69 Å². The monoisotopic (exact) mass is 426 g/mol. The lowest BCUT2D eigenvalue weighted by Crippen LogP contribution is -2.29. The van der Waals surface area contributed by atoms with E-state index in [2.05, 4.69) is 14.6 Å². The molecule has 0 radical (unpaired) electrons. The first-order valence-corrected chi connectivity index (χ1v) is 10.5. The third-order valence-electron chi connectivity index (χ3n) is 3.63. The average molecular weight is 426 g/mol. The topological polar surface area (TPSA) is 139 Å². The van der Waals surface area contributed by atoms with Crippen LogP contribution < -0.4 is 14.7 Å². The fraction of sp³-hybridized carbons (Fsp3) is 0.389. The van der Waals surface area contributed by atoms with Crippen molar-refractivity contribution in [1.82, 2.24) is 0 Å². The minimum atomic E-state index is -3.72. The molecule has 10 nitrogen and oxygen atoms in total. The summed E-state index contributed by atoms with van der Waals surface area (Å²) in [5.74, 6) is 0.788. The molecule has 0 saturated heterocycles. The minimum absolute atomic E-state index is 0.0469. The molecule has 0 bridgehead atoms. The first-order valence-electron chi connectivity index (χ1n) is 8.66. The molecule has 0 amide bonds. The maximum Gasteiger partial charge on any atom is 0.350 e. The molecule has 0 aliphatic rings. The number of aryl methyl sites for hydroxylation is 2. The smallest absolute Gasteiger partial charge is 0.350 e. The summed E-state index contributed by atoms with van der Waals surface area (Å²) in [5.41, 5.74) is 2.83. The summed E-state index contributed by atoms with van der Waals surface area (Å²) < 4.78 is 23.5. The molecule has 29 heavy (non-hydrogen) atoms. The molecule has 2 rings (SSSR count). The maximum atomic E-state index is 9.47. The van der Waals surface area contributed by atoms with Crippen molar-refractivity contribution in [2.24, 2.45) is 17.3 Å². The van der Waals surface area contributed by atoms with Gasteiger partial charge in [-0.1, -0.05) is 0 Å². The highest BCUT2D eigenvalue weighted by Gasteiger charge is 2.08. The van der Waals surface area contributed by atoms with E-state index in [4.69, 9.17) is 15.5 Å². The Morgan fingerprint density at radius 2 is 1.66 bits per heavy atom. The van der Waals surface area contributed by atoms with Crippen molar-refractivity contribution in [1.29, 1.82) is 0 Å². The SMILES string of the molecule is CS(=O)(=O)O[O-].Cc1cc[n+](C)c(N=Nc2ccc(N(CCO)CCO)cc2)c1. The largest absolute Gasteiger partial charge is 0.707 e. The van der Waals surface area contributed by atoms with Crippen LogP contribution in [0.4, 0.5) is 17.2 Å². The highest BCUT2D eigenvalue weighted by molar-refractivity contribution is 7.85. The van der Waals surface area contributed by atoms with Gasteiger partial charge in [0.2, 0.25) is 0 Å². The number of hydrogen-bond acceptors (Lipinski definition) is 9. The summed E-state index contributed by atoms with van der Waals surface area (Å²) in [6.07, 6.45) is 2.63. The second-order valence-electron chi connectivity index (χ2n) is 6.10. The van der Waals surface area contributed by atoms with Crippen molar-refractivity contribution in [3.63, 3.8) is 0 Å². The Balaban J connectivity index is 0.000000612. The standard InChI is InChI=1S/C17H23N4O2.CH4O4S/c1-14-7-8-20(2)17(13-14)19-18-15-3-5-16(6-4-15)21(9-11-22)10-12-23;1-6(3,4)5-2/h3-8,13,22-23H,9-12H2,1-2H3;2H,1H3/q+1;/p-1. The van der Waals surface area contributed by atoms with Crippen molar-refractivity contribution >= 4 is 27.3 Å². The molecule has 0 fully saturated rings. The summed E-state index contributed by atoms with van der Waals surface area (Å²) in [4.78, 5) is 1.92. The third-order valence-corrected chi connectivity index (χ3v) is 3.87. The highest BCUT2D eigenvalue weighted by atomic mass is 32.2. The fourth-order valence-corrected chi connectivity index (χ4v) is 2.21. The van der Waals surface area contributed by atoms with Gasteiger partial charge in [-0.25, -0.2) is 13.0 Å². The van der Waals surface area contributed by atoms with E-state index in [1.165, 1.54) is 0 Å². The van der Waals surface area contributed by atoms with Gasteiger partial charge in [0.05, 0.1) is 37.8 Å². The molecule has 0 atom stereocenters. The molecular weight excluding hydrogens is 400 g/mol. The summed E-state index contributed by atoms with van der Waals surface area (Å²) in [6, 6.07) is 11.6. The van der Waals surface area contributed by atoms with E-state index in [0.29, 0.717) is 19.3 Å². The Kier molecular flexibility index (Phi) is 10.3. The molecular formula is C18H26N4O6S. The van der Waals surface area contributed by atoms with Gasteiger partial charge in [0, 0.05) is 24.8 Å². The van der Waals surface area contributed by atoms with Crippen LogP contribution in [0, 0.1) is 6.92 Å². The van der Waals surface area contributed by atoms with Gasteiger partial charge in [-0.2, -0.15) is 0 Å². The molecule has 11 heteroatoms. The number of aliphatic hydroxyl groups excluding tert-OH is 2. The zero-order chi connectivity index (χ0) is 21.9. The van der Waals surface area contributed by atoms with Crippen LogP contribution in [0.2, 0.25) is 0 Å². The number of rotatable bonds is 8. The molecule has 2 N–H and O–H groups in total. The fourth-order valence-electron chi connectivity index (χ4n) is 2.21. The van der Waals surface area contributed by atoms with E-state index in [1.807, 2.05) is 66.0 Å². The zero-order valence-corrected chi connectivity index (χ0v) is 17.4. The first kappa shape index (κ1) is 24.6. The van der Waals surface area contributed by atoms with Gasteiger partial charge in [0.25, 0.3) is 10.1 Å². The second-order valence-corrected chi connectivity index (χ2v) is 7.64. The second kappa shape index (κ2) is 12.2. The molecule has 0 aliphatic carbocycles. The molecule has 0 aliphatic heterocycles. The Bertz CT molecular complexity index is 882. The van der Waals surface area contributed by atoms with Crippen LogP contribution >= 0.6 is 0 Å². The molecule has 0 spiro atoms. The van der Waals surface area contributed by atoms with Crippen molar-refractivity contribution in [2.75, 3.05) is 37.5 Å². The van der Waals surface area contributed by atoms with Crippen molar-refractivity contribution in [3.8, 4) is 0 Å². The van der Waals surface area contributed by atoms with Crippen LogP contribution in [0.15, 0.2) is 52.8 Å². The molecule has 1 aromatic heterocycles. The van der Waals surface area contributed by atoms with E-state index in [0.717, 1.165) is 22.8 Å². The number of pyridine rings is 1. The van der Waals surface area contributed by atoms with E-state index in [9.17, 15) is 8.42 Å². The van der Waals surface area contributed by atoms with Gasteiger partial charge in [-0.3, -0.25) is 0 Å².